The largest absolute Gasteiger partial charge is 0.347 e. The molecule has 29 heavy (non-hydrogen) atoms. The van der Waals surface area contributed by atoms with Gasteiger partial charge in [-0.15, -0.1) is 0 Å². The van der Waals surface area contributed by atoms with Gasteiger partial charge in [-0.1, -0.05) is 6.07 Å². The van der Waals surface area contributed by atoms with Crippen LogP contribution in [0.1, 0.15) is 55.3 Å². The highest BCUT2D eigenvalue weighted by Crippen LogP contribution is 2.61. The maximum atomic E-state index is 12.6. The highest BCUT2D eigenvalue weighted by Gasteiger charge is 2.51. The van der Waals surface area contributed by atoms with Crippen molar-refractivity contribution < 1.29 is 14.4 Å². The van der Waals surface area contributed by atoms with Gasteiger partial charge in [0, 0.05) is 31.8 Å². The van der Waals surface area contributed by atoms with E-state index in [1.165, 1.54) is 43.4 Å². The van der Waals surface area contributed by atoms with E-state index in [-0.39, 0.29) is 29.7 Å². The molecular formula is C23H31N3O3. The fourth-order valence-electron chi connectivity index (χ4n) is 6.28. The average molecular weight is 398 g/mol. The van der Waals surface area contributed by atoms with Crippen LogP contribution in [0.5, 0.6) is 0 Å². The second kappa shape index (κ2) is 7.81. The van der Waals surface area contributed by atoms with Gasteiger partial charge < -0.3 is 15.5 Å². The lowest BCUT2D eigenvalue weighted by atomic mass is 9.49. The normalized spacial score (nSPS) is 29.4. The molecule has 1 aromatic carbocycles. The number of rotatable bonds is 6. The van der Waals surface area contributed by atoms with E-state index < -0.39 is 0 Å². The molecular weight excluding hydrogens is 366 g/mol. The summed E-state index contributed by atoms with van der Waals surface area (Å²) in [7, 11) is 3.37. The quantitative estimate of drug-likeness (QED) is 0.774. The number of nitrogens with one attached hydrogen (secondary N) is 2. The smallest absolute Gasteiger partial charge is 0.253 e. The highest BCUT2D eigenvalue weighted by molar-refractivity contribution is 5.98. The monoisotopic (exact) mass is 397 g/mol. The van der Waals surface area contributed by atoms with Crippen LogP contribution >= 0.6 is 0 Å². The Kier molecular flexibility index (Phi) is 5.36. The van der Waals surface area contributed by atoms with Gasteiger partial charge in [0.15, 0.2) is 0 Å². The van der Waals surface area contributed by atoms with Gasteiger partial charge in [-0.3, -0.25) is 14.4 Å². The molecule has 6 nitrogen and oxygen atoms in total. The summed E-state index contributed by atoms with van der Waals surface area (Å²) in [6, 6.07) is 6.84. The van der Waals surface area contributed by atoms with Crippen LogP contribution in [0.25, 0.3) is 0 Å². The second-order valence-electron chi connectivity index (χ2n) is 9.70. The van der Waals surface area contributed by atoms with Gasteiger partial charge in [-0.2, -0.15) is 0 Å². The van der Waals surface area contributed by atoms with Crippen molar-refractivity contribution in [1.82, 2.24) is 10.2 Å². The lowest BCUT2D eigenvalue weighted by Gasteiger charge is -2.56. The van der Waals surface area contributed by atoms with Gasteiger partial charge in [-0.25, -0.2) is 0 Å². The third kappa shape index (κ3) is 4.46. The summed E-state index contributed by atoms with van der Waals surface area (Å²) in [6.45, 7) is -0.0446. The van der Waals surface area contributed by atoms with E-state index in [2.05, 4.69) is 10.6 Å². The minimum Gasteiger partial charge on any atom is -0.347 e. The Hall–Kier alpha value is -2.37. The van der Waals surface area contributed by atoms with Crippen LogP contribution < -0.4 is 10.6 Å². The molecule has 4 saturated carbocycles. The number of benzene rings is 1. The van der Waals surface area contributed by atoms with Crippen molar-refractivity contribution in [3.8, 4) is 0 Å². The standard InChI is InChI=1S/C23H31N3O3/c1-26(2)22(29)18-4-3-5-19(9-18)25-21(28)14-24-20(27)13-23-10-15-6-16(11-23)8-17(7-15)12-23/h3-5,9,15-17H,6-8,10-14H2,1-2H3,(H,24,27)(H,25,28). The summed E-state index contributed by atoms with van der Waals surface area (Å²) in [5, 5.41) is 5.57. The summed E-state index contributed by atoms with van der Waals surface area (Å²) < 4.78 is 0. The Balaban J connectivity index is 1.27. The topological polar surface area (TPSA) is 78.5 Å². The number of carbonyl (C=O) groups is 3. The second-order valence-corrected chi connectivity index (χ2v) is 9.70. The van der Waals surface area contributed by atoms with Crippen LogP contribution in [-0.4, -0.2) is 43.3 Å². The minimum atomic E-state index is -0.279. The Labute approximate surface area is 172 Å². The minimum absolute atomic E-state index is 0.0152. The number of nitrogens with zero attached hydrogens (tertiary/aromatic N) is 1. The lowest BCUT2D eigenvalue weighted by Crippen LogP contribution is -2.48. The zero-order valence-corrected chi connectivity index (χ0v) is 17.4. The van der Waals surface area contributed by atoms with E-state index in [1.54, 1.807) is 38.4 Å². The summed E-state index contributed by atoms with van der Waals surface area (Å²) in [6.07, 6.45) is 8.19. The summed E-state index contributed by atoms with van der Waals surface area (Å²) in [4.78, 5) is 38.4. The Morgan fingerprint density at radius 1 is 1.00 bits per heavy atom. The maximum Gasteiger partial charge on any atom is 0.253 e. The van der Waals surface area contributed by atoms with Gasteiger partial charge >= 0.3 is 0 Å². The molecule has 0 aliphatic heterocycles. The van der Waals surface area contributed by atoms with Gasteiger partial charge in [-0.05, 0) is 79.9 Å². The molecule has 4 fully saturated rings. The van der Waals surface area contributed by atoms with Crippen molar-refractivity contribution in [2.24, 2.45) is 23.2 Å². The molecule has 0 saturated heterocycles. The van der Waals surface area contributed by atoms with Gasteiger partial charge in [0.2, 0.25) is 11.8 Å². The molecule has 3 amide bonds. The van der Waals surface area contributed by atoms with E-state index in [4.69, 9.17) is 0 Å². The molecule has 0 unspecified atom stereocenters. The van der Waals surface area contributed by atoms with Crippen LogP contribution in [0.15, 0.2) is 24.3 Å². The first-order chi connectivity index (χ1) is 13.8. The van der Waals surface area contributed by atoms with Gasteiger partial charge in [0.1, 0.15) is 0 Å². The Bertz CT molecular complexity index is 782. The summed E-state index contributed by atoms with van der Waals surface area (Å²) >= 11 is 0. The summed E-state index contributed by atoms with van der Waals surface area (Å²) in [5.41, 5.74) is 1.24. The fraction of sp³-hybridized carbons (Fsp3) is 0.609. The Morgan fingerprint density at radius 3 is 2.21 bits per heavy atom. The number of anilines is 1. The lowest BCUT2D eigenvalue weighted by molar-refractivity contribution is -0.131. The number of carbonyl (C=O) groups excluding carboxylic acids is 3. The molecule has 1 aromatic rings. The first-order valence-electron chi connectivity index (χ1n) is 10.7. The predicted octanol–water partition coefficient (Wildman–Crippen LogP) is 3.05. The third-order valence-corrected chi connectivity index (χ3v) is 6.95. The third-order valence-electron chi connectivity index (χ3n) is 6.95. The fourth-order valence-corrected chi connectivity index (χ4v) is 6.28. The van der Waals surface area contributed by atoms with Crippen molar-refractivity contribution in [3.05, 3.63) is 29.8 Å². The number of hydrogen-bond donors (Lipinski definition) is 2. The molecule has 0 aromatic heterocycles. The van der Waals surface area contributed by atoms with Crippen LogP contribution in [0.4, 0.5) is 5.69 Å². The van der Waals surface area contributed by atoms with Crippen molar-refractivity contribution >= 4 is 23.4 Å². The predicted molar refractivity (Wildman–Crippen MR) is 111 cm³/mol. The van der Waals surface area contributed by atoms with E-state index in [0.29, 0.717) is 17.7 Å². The summed E-state index contributed by atoms with van der Waals surface area (Å²) in [5.74, 6) is 2.03. The van der Waals surface area contributed by atoms with E-state index in [1.807, 2.05) is 0 Å². The van der Waals surface area contributed by atoms with Crippen molar-refractivity contribution in [1.29, 1.82) is 0 Å². The van der Waals surface area contributed by atoms with Gasteiger partial charge in [0.05, 0.1) is 6.54 Å². The zero-order valence-electron chi connectivity index (χ0n) is 17.4. The molecule has 6 heteroatoms. The SMILES string of the molecule is CN(C)C(=O)c1cccc(NC(=O)CNC(=O)CC23CC4CC(CC(C4)C2)C3)c1. The molecule has 4 aliphatic rings. The zero-order chi connectivity index (χ0) is 20.6. The van der Waals surface area contributed by atoms with Crippen molar-refractivity contribution in [3.63, 3.8) is 0 Å². The first-order valence-corrected chi connectivity index (χ1v) is 10.7. The molecule has 0 atom stereocenters. The molecule has 0 spiro atoms. The Morgan fingerprint density at radius 2 is 1.62 bits per heavy atom. The van der Waals surface area contributed by atoms with E-state index in [0.717, 1.165) is 17.8 Å². The van der Waals surface area contributed by atoms with Gasteiger partial charge in [0.25, 0.3) is 5.91 Å². The van der Waals surface area contributed by atoms with Crippen LogP contribution in [0.3, 0.4) is 0 Å². The average Bonchev–Trinajstić information content (AvgIpc) is 2.64. The highest BCUT2D eigenvalue weighted by atomic mass is 16.2. The molecule has 0 radical (unpaired) electrons. The molecule has 5 rings (SSSR count). The first kappa shape index (κ1) is 19.9. The number of hydrogen-bond acceptors (Lipinski definition) is 3. The van der Waals surface area contributed by atoms with Crippen molar-refractivity contribution in [2.45, 2.75) is 44.9 Å². The molecule has 156 valence electrons. The molecule has 4 aliphatic carbocycles. The van der Waals surface area contributed by atoms with Crippen LogP contribution in [0, 0.1) is 23.2 Å². The van der Waals surface area contributed by atoms with Crippen molar-refractivity contribution in [2.75, 3.05) is 26.0 Å². The molecule has 2 N–H and O–H groups in total. The van der Waals surface area contributed by atoms with E-state index >= 15 is 0 Å². The molecule has 4 bridgehead atoms. The van der Waals surface area contributed by atoms with E-state index in [9.17, 15) is 14.4 Å². The van der Waals surface area contributed by atoms with Crippen LogP contribution in [-0.2, 0) is 9.59 Å². The maximum absolute atomic E-state index is 12.6. The van der Waals surface area contributed by atoms with Crippen LogP contribution in [0.2, 0.25) is 0 Å². The number of amides is 3. The molecule has 0 heterocycles.